The standard InChI is InChI=1S/C10H13N7O/c1-11-8-14-9(17-6-12-5-13-17)16-10(15-8)18-4-7-2-3-7/h5-7H,2-4H2,1H3,(H,11,14,15,16). The van der Waals surface area contributed by atoms with Crippen molar-refractivity contribution < 1.29 is 4.74 Å². The lowest BCUT2D eigenvalue weighted by atomic mass is 10.5. The minimum absolute atomic E-state index is 0.312. The number of hydrogen-bond acceptors (Lipinski definition) is 7. The summed E-state index contributed by atoms with van der Waals surface area (Å²) in [4.78, 5) is 16.4. The molecule has 0 bridgehead atoms. The number of nitrogens with zero attached hydrogens (tertiary/aromatic N) is 6. The highest BCUT2D eigenvalue weighted by atomic mass is 16.5. The van der Waals surface area contributed by atoms with Crippen molar-refractivity contribution in [3.05, 3.63) is 12.7 Å². The van der Waals surface area contributed by atoms with Crippen molar-refractivity contribution in [2.45, 2.75) is 12.8 Å². The third-order valence-corrected chi connectivity index (χ3v) is 2.60. The summed E-state index contributed by atoms with van der Waals surface area (Å²) in [5.41, 5.74) is 0. The molecule has 0 amide bonds. The maximum Gasteiger partial charge on any atom is 0.323 e. The SMILES string of the molecule is CNc1nc(OCC2CC2)nc(-n2cncn2)n1. The quantitative estimate of drug-likeness (QED) is 0.811. The minimum atomic E-state index is 0.312. The molecule has 1 saturated carbocycles. The van der Waals surface area contributed by atoms with E-state index in [9.17, 15) is 0 Å². The third kappa shape index (κ3) is 2.36. The zero-order valence-electron chi connectivity index (χ0n) is 9.94. The number of rotatable bonds is 5. The van der Waals surface area contributed by atoms with E-state index in [0.717, 1.165) is 0 Å². The predicted octanol–water partition coefficient (Wildman–Crippen LogP) is 0.283. The molecule has 1 N–H and O–H groups in total. The molecule has 1 aliphatic carbocycles. The normalized spacial score (nSPS) is 14.5. The summed E-state index contributed by atoms with van der Waals surface area (Å²) < 4.78 is 7.01. The minimum Gasteiger partial charge on any atom is -0.463 e. The fourth-order valence-electron chi connectivity index (χ4n) is 1.41. The zero-order valence-corrected chi connectivity index (χ0v) is 9.94. The first kappa shape index (κ1) is 10.9. The molecule has 2 heterocycles. The van der Waals surface area contributed by atoms with Gasteiger partial charge in [0.2, 0.25) is 5.95 Å². The van der Waals surface area contributed by atoms with Crippen LogP contribution in [-0.2, 0) is 0 Å². The van der Waals surface area contributed by atoms with Crippen LogP contribution in [0.2, 0.25) is 0 Å². The second-order valence-electron chi connectivity index (χ2n) is 4.09. The van der Waals surface area contributed by atoms with Gasteiger partial charge in [0.1, 0.15) is 12.7 Å². The van der Waals surface area contributed by atoms with Gasteiger partial charge in [-0.15, -0.1) is 0 Å². The summed E-state index contributed by atoms with van der Waals surface area (Å²) in [5, 5.41) is 6.85. The van der Waals surface area contributed by atoms with E-state index in [1.807, 2.05) is 0 Å². The van der Waals surface area contributed by atoms with Crippen LogP contribution in [0.4, 0.5) is 5.95 Å². The average Bonchev–Trinajstić information content (AvgIpc) is 3.07. The van der Waals surface area contributed by atoms with Gasteiger partial charge in [0, 0.05) is 7.05 Å². The first-order chi connectivity index (χ1) is 8.85. The Morgan fingerprint density at radius 3 is 2.94 bits per heavy atom. The molecule has 8 nitrogen and oxygen atoms in total. The van der Waals surface area contributed by atoms with E-state index in [1.165, 1.54) is 30.2 Å². The van der Waals surface area contributed by atoms with Gasteiger partial charge in [-0.2, -0.15) is 24.7 Å². The van der Waals surface area contributed by atoms with E-state index >= 15 is 0 Å². The maximum atomic E-state index is 5.55. The Kier molecular flexibility index (Phi) is 2.75. The van der Waals surface area contributed by atoms with Crippen LogP contribution >= 0.6 is 0 Å². The molecule has 94 valence electrons. The van der Waals surface area contributed by atoms with Crippen LogP contribution in [0.3, 0.4) is 0 Å². The monoisotopic (exact) mass is 247 g/mol. The highest BCUT2D eigenvalue weighted by molar-refractivity contribution is 5.28. The van der Waals surface area contributed by atoms with Crippen molar-refractivity contribution in [2.24, 2.45) is 5.92 Å². The number of nitrogens with one attached hydrogen (secondary N) is 1. The topological polar surface area (TPSA) is 90.6 Å². The highest BCUT2D eigenvalue weighted by Crippen LogP contribution is 2.29. The summed E-state index contributed by atoms with van der Waals surface area (Å²) in [7, 11) is 1.74. The van der Waals surface area contributed by atoms with Gasteiger partial charge in [-0.3, -0.25) is 0 Å². The molecule has 1 fully saturated rings. The van der Waals surface area contributed by atoms with E-state index in [4.69, 9.17) is 4.74 Å². The first-order valence-corrected chi connectivity index (χ1v) is 5.77. The molecule has 3 rings (SSSR count). The van der Waals surface area contributed by atoms with Crippen molar-refractivity contribution in [3.8, 4) is 12.0 Å². The number of anilines is 1. The van der Waals surface area contributed by atoms with Crippen LogP contribution in [0.1, 0.15) is 12.8 Å². The molecule has 0 atom stereocenters. The van der Waals surface area contributed by atoms with Crippen molar-refractivity contribution in [1.29, 1.82) is 0 Å². The Morgan fingerprint density at radius 2 is 2.28 bits per heavy atom. The van der Waals surface area contributed by atoms with E-state index in [0.29, 0.717) is 30.4 Å². The average molecular weight is 247 g/mol. The van der Waals surface area contributed by atoms with Crippen molar-refractivity contribution >= 4 is 5.95 Å². The Hall–Kier alpha value is -2.25. The molecule has 2 aromatic rings. The maximum absolute atomic E-state index is 5.55. The van der Waals surface area contributed by atoms with E-state index in [2.05, 4.69) is 30.4 Å². The van der Waals surface area contributed by atoms with Crippen molar-refractivity contribution in [1.82, 2.24) is 29.7 Å². The largest absolute Gasteiger partial charge is 0.463 e. The molecule has 0 unspecified atom stereocenters. The molecule has 0 saturated heterocycles. The van der Waals surface area contributed by atoms with Gasteiger partial charge in [-0.25, -0.2) is 4.98 Å². The van der Waals surface area contributed by atoms with E-state index in [-0.39, 0.29) is 0 Å². The van der Waals surface area contributed by atoms with Crippen molar-refractivity contribution in [3.63, 3.8) is 0 Å². The lowest BCUT2D eigenvalue weighted by molar-refractivity contribution is 0.275. The molecule has 1 aliphatic rings. The van der Waals surface area contributed by atoms with Gasteiger partial charge < -0.3 is 10.1 Å². The Bertz CT molecular complexity index is 523. The molecule has 0 aromatic carbocycles. The molecule has 0 aliphatic heterocycles. The predicted molar refractivity (Wildman–Crippen MR) is 62.5 cm³/mol. The van der Waals surface area contributed by atoms with E-state index in [1.54, 1.807) is 7.05 Å². The summed E-state index contributed by atoms with van der Waals surface area (Å²) >= 11 is 0. The fourth-order valence-corrected chi connectivity index (χ4v) is 1.41. The van der Waals surface area contributed by atoms with Gasteiger partial charge in [0.05, 0.1) is 6.61 Å². The zero-order chi connectivity index (χ0) is 12.4. The van der Waals surface area contributed by atoms with Gasteiger partial charge in [0.25, 0.3) is 5.95 Å². The molecule has 8 heteroatoms. The highest BCUT2D eigenvalue weighted by Gasteiger charge is 2.22. The van der Waals surface area contributed by atoms with Crippen LogP contribution in [0.15, 0.2) is 12.7 Å². The van der Waals surface area contributed by atoms with Crippen LogP contribution in [0, 0.1) is 5.92 Å². The summed E-state index contributed by atoms with van der Waals surface area (Å²) in [6, 6.07) is 0.312. The van der Waals surface area contributed by atoms with Crippen LogP contribution in [0.5, 0.6) is 6.01 Å². The van der Waals surface area contributed by atoms with Crippen LogP contribution in [0.25, 0.3) is 5.95 Å². The van der Waals surface area contributed by atoms with Crippen LogP contribution < -0.4 is 10.1 Å². The van der Waals surface area contributed by atoms with Gasteiger partial charge in [0.15, 0.2) is 0 Å². The van der Waals surface area contributed by atoms with Gasteiger partial charge in [-0.05, 0) is 18.8 Å². The number of ether oxygens (including phenoxy) is 1. The molecule has 2 aromatic heterocycles. The number of hydrogen-bond donors (Lipinski definition) is 1. The smallest absolute Gasteiger partial charge is 0.323 e. The summed E-state index contributed by atoms with van der Waals surface area (Å²) in [6.07, 6.45) is 5.40. The van der Waals surface area contributed by atoms with Gasteiger partial charge in [-0.1, -0.05) is 0 Å². The molecule has 0 spiro atoms. The lowest BCUT2D eigenvalue weighted by Gasteiger charge is -2.06. The summed E-state index contributed by atoms with van der Waals surface area (Å²) in [5.74, 6) is 1.48. The third-order valence-electron chi connectivity index (χ3n) is 2.60. The second-order valence-corrected chi connectivity index (χ2v) is 4.09. The molecular weight excluding hydrogens is 234 g/mol. The molecule has 0 radical (unpaired) electrons. The van der Waals surface area contributed by atoms with Crippen molar-refractivity contribution in [2.75, 3.05) is 19.0 Å². The van der Waals surface area contributed by atoms with Crippen LogP contribution in [-0.4, -0.2) is 43.4 Å². The first-order valence-electron chi connectivity index (χ1n) is 5.77. The Morgan fingerprint density at radius 1 is 1.39 bits per heavy atom. The summed E-state index contributed by atoms with van der Waals surface area (Å²) in [6.45, 7) is 0.657. The second kappa shape index (κ2) is 4.55. The molecular formula is C10H13N7O. The van der Waals surface area contributed by atoms with Gasteiger partial charge >= 0.3 is 6.01 Å². The van der Waals surface area contributed by atoms with E-state index < -0.39 is 0 Å². The Balaban J connectivity index is 1.85. The molecule has 18 heavy (non-hydrogen) atoms. The fraction of sp³-hybridized carbons (Fsp3) is 0.500. The Labute approximate surface area is 103 Å². The lowest BCUT2D eigenvalue weighted by Crippen LogP contribution is -2.10. The number of aromatic nitrogens is 6.